The van der Waals surface area contributed by atoms with Gasteiger partial charge in [-0.05, 0) is 86.1 Å². The molecule has 1 fully saturated rings. The maximum absolute atomic E-state index is 10.7. The van der Waals surface area contributed by atoms with E-state index in [2.05, 4.69) is 90.2 Å². The molecule has 7 nitrogen and oxygen atoms in total. The second-order valence-corrected chi connectivity index (χ2v) is 15.7. The summed E-state index contributed by atoms with van der Waals surface area (Å²) in [6.07, 6.45) is 28.8. The standard InChI is InChI=1S/C46H66O7/c1-31(17-12-13-18-32(2)20-15-23-34(4)25-27-39-36(6)29-38(47)30-45(39,8)9)19-14-21-33(3)22-16-24-35(5)26-28-40(46(10,11)51)53-44-43(50)42(49)41(48)37(7)52-44/h12-28,37-38,40-44,47-51H,29-30H2,1-11H3/b13-12+,19-14+,20-15+,22-16+,27-25+,28-26+,31-17+,32-18+,33-21+,34-23+,35-24+/t37-,38?,40?,41-,42+,43+,44-/m0/s1. The molecule has 292 valence electrons. The van der Waals surface area contributed by atoms with E-state index in [0.717, 1.165) is 35.1 Å². The van der Waals surface area contributed by atoms with Gasteiger partial charge in [-0.15, -0.1) is 0 Å². The topological polar surface area (TPSA) is 120 Å². The Labute approximate surface area is 319 Å². The lowest BCUT2D eigenvalue weighted by atomic mass is 9.71. The second kappa shape index (κ2) is 21.5. The average Bonchev–Trinajstić information content (AvgIpc) is 3.04. The molecule has 2 unspecified atom stereocenters. The molecule has 1 aliphatic carbocycles. The molecular weight excluding hydrogens is 664 g/mol. The van der Waals surface area contributed by atoms with E-state index < -0.39 is 42.4 Å². The van der Waals surface area contributed by atoms with Crippen molar-refractivity contribution in [3.05, 3.63) is 142 Å². The Balaban J connectivity index is 1.90. The first-order valence-electron chi connectivity index (χ1n) is 18.6. The maximum Gasteiger partial charge on any atom is 0.187 e. The van der Waals surface area contributed by atoms with E-state index in [4.69, 9.17) is 9.47 Å². The van der Waals surface area contributed by atoms with Crippen LogP contribution in [0.2, 0.25) is 0 Å². The molecule has 0 spiro atoms. The van der Waals surface area contributed by atoms with Gasteiger partial charge in [-0.25, -0.2) is 0 Å². The first kappa shape index (κ1) is 45.8. The molecule has 53 heavy (non-hydrogen) atoms. The van der Waals surface area contributed by atoms with E-state index in [9.17, 15) is 25.5 Å². The fourth-order valence-corrected chi connectivity index (χ4v) is 6.10. The lowest BCUT2D eigenvalue weighted by Gasteiger charge is -2.41. The molecule has 7 atom stereocenters. The first-order valence-corrected chi connectivity index (χ1v) is 18.6. The molecule has 1 heterocycles. The number of aliphatic hydroxyl groups excluding tert-OH is 4. The second-order valence-electron chi connectivity index (χ2n) is 15.7. The van der Waals surface area contributed by atoms with Gasteiger partial charge in [0.2, 0.25) is 0 Å². The quantitative estimate of drug-likeness (QED) is 0.107. The number of rotatable bonds is 15. The Bertz CT molecular complexity index is 1580. The molecule has 2 aliphatic rings. The van der Waals surface area contributed by atoms with Crippen LogP contribution in [0.5, 0.6) is 0 Å². The zero-order valence-electron chi connectivity index (χ0n) is 33.8. The molecule has 1 saturated heterocycles. The third kappa shape index (κ3) is 16.2. The number of allylic oxidation sites excluding steroid dienone is 22. The monoisotopic (exact) mass is 730 g/mol. The van der Waals surface area contributed by atoms with Crippen LogP contribution in [0, 0.1) is 5.41 Å². The van der Waals surface area contributed by atoms with Gasteiger partial charge in [0.05, 0.1) is 17.8 Å². The van der Waals surface area contributed by atoms with Crippen LogP contribution in [-0.4, -0.2) is 74.0 Å². The van der Waals surface area contributed by atoms with Crippen molar-refractivity contribution in [2.45, 2.75) is 138 Å². The molecule has 0 aromatic carbocycles. The van der Waals surface area contributed by atoms with Gasteiger partial charge >= 0.3 is 0 Å². The Morgan fingerprint density at radius 1 is 0.717 bits per heavy atom. The molecule has 1 aliphatic heterocycles. The Morgan fingerprint density at radius 2 is 1.17 bits per heavy atom. The lowest BCUT2D eigenvalue weighted by Crippen LogP contribution is -2.58. The van der Waals surface area contributed by atoms with Gasteiger partial charge in [0.1, 0.15) is 24.4 Å². The van der Waals surface area contributed by atoms with Gasteiger partial charge in [-0.2, -0.15) is 0 Å². The van der Waals surface area contributed by atoms with Crippen LogP contribution >= 0.6 is 0 Å². The summed E-state index contributed by atoms with van der Waals surface area (Å²) < 4.78 is 11.4. The van der Waals surface area contributed by atoms with Crippen LogP contribution in [0.1, 0.15) is 89.0 Å². The molecule has 5 N–H and O–H groups in total. The zero-order valence-corrected chi connectivity index (χ0v) is 33.8. The van der Waals surface area contributed by atoms with Crippen LogP contribution in [0.25, 0.3) is 0 Å². The highest BCUT2D eigenvalue weighted by molar-refractivity contribution is 5.38. The van der Waals surface area contributed by atoms with Crippen molar-refractivity contribution in [3.8, 4) is 0 Å². The smallest absolute Gasteiger partial charge is 0.187 e. The Hall–Kier alpha value is -3.40. The van der Waals surface area contributed by atoms with Gasteiger partial charge in [-0.3, -0.25) is 0 Å². The van der Waals surface area contributed by atoms with Crippen molar-refractivity contribution in [3.63, 3.8) is 0 Å². The minimum absolute atomic E-state index is 0.0186. The van der Waals surface area contributed by atoms with Crippen LogP contribution in [0.3, 0.4) is 0 Å². The largest absolute Gasteiger partial charge is 0.393 e. The van der Waals surface area contributed by atoms with E-state index in [1.165, 1.54) is 16.7 Å². The number of hydrogen-bond acceptors (Lipinski definition) is 7. The SMILES string of the molecule is CC1=C(/C=C/C(C)=C/C=C/C(C)=C/C=C/C=C(C)/C=C/C=C(C)/C=C/C=C(C)/C=C/C(O[C@@H]2O[C@@H](C)[C@H](O)[C@@H](O)[C@H]2O)C(C)(C)O)C(C)(C)CC(O)C1. The highest BCUT2D eigenvalue weighted by Gasteiger charge is 2.44. The van der Waals surface area contributed by atoms with Crippen LogP contribution in [0.15, 0.2) is 142 Å². The normalized spacial score (nSPS) is 28.3. The van der Waals surface area contributed by atoms with Crippen molar-refractivity contribution >= 4 is 0 Å². The van der Waals surface area contributed by atoms with E-state index in [1.54, 1.807) is 26.8 Å². The third-order valence-corrected chi connectivity index (χ3v) is 9.29. The summed E-state index contributed by atoms with van der Waals surface area (Å²) >= 11 is 0. The molecule has 0 radical (unpaired) electrons. The fourth-order valence-electron chi connectivity index (χ4n) is 6.10. The third-order valence-electron chi connectivity index (χ3n) is 9.29. The Morgan fingerprint density at radius 3 is 1.64 bits per heavy atom. The van der Waals surface area contributed by atoms with Gasteiger partial charge in [-0.1, -0.05) is 151 Å². The Kier molecular flexibility index (Phi) is 18.5. The number of aliphatic hydroxyl groups is 5. The van der Waals surface area contributed by atoms with Crippen molar-refractivity contribution in [2.24, 2.45) is 5.41 Å². The highest BCUT2D eigenvalue weighted by Crippen LogP contribution is 2.41. The van der Waals surface area contributed by atoms with Gasteiger partial charge < -0.3 is 35.0 Å². The predicted molar refractivity (Wildman–Crippen MR) is 219 cm³/mol. The molecular formula is C46H66O7. The van der Waals surface area contributed by atoms with Crippen molar-refractivity contribution in [1.29, 1.82) is 0 Å². The molecule has 0 bridgehead atoms. The molecule has 0 aromatic rings. The summed E-state index contributed by atoms with van der Waals surface area (Å²) in [5.74, 6) is 0. The fraction of sp³-hybridized carbons (Fsp3) is 0.478. The summed E-state index contributed by atoms with van der Waals surface area (Å²) in [5.41, 5.74) is 6.72. The average molecular weight is 731 g/mol. The van der Waals surface area contributed by atoms with Crippen LogP contribution < -0.4 is 0 Å². The maximum atomic E-state index is 10.7. The zero-order chi connectivity index (χ0) is 39.9. The number of ether oxygens (including phenoxy) is 2. The van der Waals surface area contributed by atoms with Crippen molar-refractivity contribution in [1.82, 2.24) is 0 Å². The molecule has 7 heteroatoms. The summed E-state index contributed by atoms with van der Waals surface area (Å²) in [6, 6.07) is 0. The highest BCUT2D eigenvalue weighted by atomic mass is 16.7. The lowest BCUT2D eigenvalue weighted by molar-refractivity contribution is -0.309. The minimum Gasteiger partial charge on any atom is -0.393 e. The van der Waals surface area contributed by atoms with E-state index in [0.29, 0.717) is 0 Å². The van der Waals surface area contributed by atoms with Crippen molar-refractivity contribution < 1.29 is 35.0 Å². The van der Waals surface area contributed by atoms with E-state index in [-0.39, 0.29) is 11.5 Å². The molecule has 0 aromatic heterocycles. The summed E-state index contributed by atoms with van der Waals surface area (Å²) in [7, 11) is 0. The summed E-state index contributed by atoms with van der Waals surface area (Å²) in [4.78, 5) is 0. The summed E-state index contributed by atoms with van der Waals surface area (Å²) in [6.45, 7) is 21.5. The van der Waals surface area contributed by atoms with E-state index in [1.807, 2.05) is 62.5 Å². The summed E-state index contributed by atoms with van der Waals surface area (Å²) in [5, 5.41) is 51.2. The van der Waals surface area contributed by atoms with Crippen LogP contribution in [-0.2, 0) is 9.47 Å². The van der Waals surface area contributed by atoms with Gasteiger partial charge in [0.25, 0.3) is 0 Å². The number of hydrogen-bond donors (Lipinski definition) is 5. The van der Waals surface area contributed by atoms with Gasteiger partial charge in [0.15, 0.2) is 6.29 Å². The molecule has 0 saturated carbocycles. The first-order chi connectivity index (χ1) is 24.7. The van der Waals surface area contributed by atoms with E-state index >= 15 is 0 Å². The minimum atomic E-state index is -1.45. The predicted octanol–water partition coefficient (Wildman–Crippen LogP) is 8.54. The molecule has 2 rings (SSSR count). The van der Waals surface area contributed by atoms with Crippen LogP contribution in [0.4, 0.5) is 0 Å². The molecule has 0 amide bonds. The van der Waals surface area contributed by atoms with Crippen molar-refractivity contribution in [2.75, 3.05) is 0 Å². The van der Waals surface area contributed by atoms with Gasteiger partial charge in [0, 0.05) is 0 Å².